The van der Waals surface area contributed by atoms with Crippen LogP contribution in [0.4, 0.5) is 9.52 Å². The van der Waals surface area contributed by atoms with Crippen molar-refractivity contribution >= 4 is 61.9 Å². The highest BCUT2D eigenvalue weighted by atomic mass is 127. The molecular weight excluding hydrogens is 496 g/mol. The van der Waals surface area contributed by atoms with Crippen LogP contribution >= 0.6 is 33.9 Å². The van der Waals surface area contributed by atoms with Crippen molar-refractivity contribution in [2.24, 2.45) is 5.16 Å². The van der Waals surface area contributed by atoms with E-state index in [9.17, 15) is 13.7 Å². The van der Waals surface area contributed by atoms with Crippen LogP contribution in [0, 0.1) is 5.13 Å². The van der Waals surface area contributed by atoms with E-state index < -0.39 is 26.3 Å². The van der Waals surface area contributed by atoms with Crippen LogP contribution in [0.2, 0.25) is 0 Å². The van der Waals surface area contributed by atoms with Gasteiger partial charge in [-0.3, -0.25) is 10.1 Å². The van der Waals surface area contributed by atoms with Crippen LogP contribution in [0.15, 0.2) is 40.5 Å². The number of hydrogen-bond donors (Lipinski definition) is 2. The molecule has 1 aromatic heterocycles. The fourth-order valence-corrected chi connectivity index (χ4v) is 3.21. The third-order valence-electron chi connectivity index (χ3n) is 2.99. The second kappa shape index (κ2) is 10.2. The number of rotatable bonds is 8. The lowest BCUT2D eigenvalue weighted by Gasteiger charge is -2.10. The number of benzene rings is 1. The maximum Gasteiger partial charge on any atom is 0.280 e. The lowest BCUT2D eigenvalue weighted by Crippen LogP contribution is -2.24. The Morgan fingerprint density at radius 1 is 1.54 bits per heavy atom. The molecule has 0 bridgehead atoms. The minimum atomic E-state index is -1.15. The molecule has 1 amide bonds. The van der Waals surface area contributed by atoms with Crippen molar-refractivity contribution in [1.82, 2.24) is 4.98 Å². The summed E-state index contributed by atoms with van der Waals surface area (Å²) < 4.78 is 24.1. The molecule has 26 heavy (non-hydrogen) atoms. The second-order valence-electron chi connectivity index (χ2n) is 4.87. The topological polar surface area (TPSA) is 107 Å². The fraction of sp³-hybridized carbons (Fsp3) is 0.267. The number of oxime groups is 1. The zero-order valence-corrected chi connectivity index (χ0v) is 17.3. The Bertz CT molecular complexity index is 771. The number of amides is 1. The highest BCUT2D eigenvalue weighted by Crippen LogP contribution is 2.18. The van der Waals surface area contributed by atoms with Crippen molar-refractivity contribution in [2.45, 2.75) is 15.4 Å². The largest absolute Gasteiger partial charge is 0.612 e. The van der Waals surface area contributed by atoms with E-state index in [1.165, 1.54) is 0 Å². The number of nitrogens with one attached hydrogen (secondary N) is 1. The van der Waals surface area contributed by atoms with Gasteiger partial charge in [-0.25, -0.2) is 4.98 Å². The monoisotopic (exact) mass is 511 g/mol. The van der Waals surface area contributed by atoms with Crippen LogP contribution in [0.1, 0.15) is 12.0 Å². The molecule has 2 aromatic rings. The van der Waals surface area contributed by atoms with E-state index in [0.29, 0.717) is 28.2 Å². The molecule has 1 heterocycles. The van der Waals surface area contributed by atoms with Crippen LogP contribution < -0.4 is 5.32 Å². The summed E-state index contributed by atoms with van der Waals surface area (Å²) in [4.78, 5) is 22.1. The van der Waals surface area contributed by atoms with Crippen molar-refractivity contribution in [3.63, 3.8) is 0 Å². The first-order valence-electron chi connectivity index (χ1n) is 7.26. The van der Waals surface area contributed by atoms with Crippen molar-refractivity contribution in [2.75, 3.05) is 18.2 Å². The number of thiazole rings is 1. The summed E-state index contributed by atoms with van der Waals surface area (Å²) in [6.07, 6.45) is 2.89. The highest BCUT2D eigenvalue weighted by Gasteiger charge is 2.19. The van der Waals surface area contributed by atoms with E-state index in [4.69, 9.17) is 9.94 Å². The molecule has 0 aliphatic carbocycles. The van der Waals surface area contributed by atoms with E-state index in [2.05, 4.69) is 15.5 Å². The first-order valence-corrected chi connectivity index (χ1v) is 10.9. The van der Waals surface area contributed by atoms with E-state index >= 15 is 0 Å². The average molecular weight is 511 g/mol. The third-order valence-corrected chi connectivity index (χ3v) is 5.47. The number of hydrogen-bond acceptors (Lipinski definition) is 7. The van der Waals surface area contributed by atoms with Gasteiger partial charge in [0.05, 0.1) is 6.20 Å². The quantitative estimate of drug-likeness (QED) is 0.186. The van der Waals surface area contributed by atoms with E-state index in [0.717, 1.165) is 6.20 Å². The first kappa shape index (κ1) is 21.0. The molecule has 11 heteroatoms. The molecule has 0 fully saturated rings. The maximum atomic E-state index is 13.1. The van der Waals surface area contributed by atoms with Gasteiger partial charge in [-0.15, -0.1) is 0 Å². The summed E-state index contributed by atoms with van der Waals surface area (Å²) in [6.45, 7) is -0.0833. The smallest absolute Gasteiger partial charge is 0.280 e. The summed E-state index contributed by atoms with van der Waals surface area (Å²) in [7, 11) is 0. The van der Waals surface area contributed by atoms with Gasteiger partial charge in [0.25, 0.3) is 5.91 Å². The normalized spacial score (nSPS) is 14.0. The minimum Gasteiger partial charge on any atom is -0.612 e. The van der Waals surface area contributed by atoms with Gasteiger partial charge in [-0.05, 0) is 58.0 Å². The zero-order valence-electron chi connectivity index (χ0n) is 13.5. The predicted octanol–water partition coefficient (Wildman–Crippen LogP) is 2.52. The zero-order chi connectivity index (χ0) is 19.1. The molecule has 0 saturated heterocycles. The molecular formula is C15H15FIN3O4S2. The van der Waals surface area contributed by atoms with E-state index in [1.807, 2.05) is 22.6 Å². The highest BCUT2D eigenvalue weighted by molar-refractivity contribution is 14.1. The van der Waals surface area contributed by atoms with Crippen LogP contribution in [0.3, 0.4) is 0 Å². The van der Waals surface area contributed by atoms with Gasteiger partial charge in [0.2, 0.25) is 0 Å². The van der Waals surface area contributed by atoms with Gasteiger partial charge >= 0.3 is 0 Å². The Balaban J connectivity index is 2.25. The van der Waals surface area contributed by atoms with E-state index in [-0.39, 0.29) is 17.5 Å². The molecule has 0 aliphatic rings. The second-order valence-corrected chi connectivity index (χ2v) is 8.62. The number of aliphatic hydroxyl groups is 1. The van der Waals surface area contributed by atoms with Crippen LogP contribution in [-0.4, -0.2) is 43.2 Å². The molecule has 0 aliphatic heterocycles. The van der Waals surface area contributed by atoms with Gasteiger partial charge in [0.15, 0.2) is 25.0 Å². The first-order chi connectivity index (χ1) is 12.4. The number of aromatic nitrogens is 1. The summed E-state index contributed by atoms with van der Waals surface area (Å²) in [6, 6.07) is 6.42. The molecule has 7 nitrogen and oxygen atoms in total. The van der Waals surface area contributed by atoms with Gasteiger partial charge in [0.1, 0.15) is 6.26 Å². The van der Waals surface area contributed by atoms with Crippen molar-refractivity contribution in [1.29, 1.82) is 0 Å². The SMILES string of the molecule is C[S+]([O-])c1ccc(/C(=N\O[C@@H](I)CCO)C(=O)Nc2ncc(F)s2)cc1. The minimum absolute atomic E-state index is 0.0475. The lowest BCUT2D eigenvalue weighted by molar-refractivity contribution is -0.110. The molecule has 2 atom stereocenters. The number of anilines is 1. The molecule has 2 N–H and O–H groups in total. The Labute approximate surface area is 170 Å². The Hall–Kier alpha value is -1.28. The number of aliphatic hydroxyl groups excluding tert-OH is 1. The molecule has 0 spiro atoms. The average Bonchev–Trinajstić information content (AvgIpc) is 3.00. The number of halogens is 2. The molecule has 0 saturated carbocycles. The van der Waals surface area contributed by atoms with Gasteiger partial charge in [0, 0.05) is 18.6 Å². The third kappa shape index (κ3) is 6.16. The summed E-state index contributed by atoms with van der Waals surface area (Å²) in [5.74, 6) is -0.627. The molecule has 0 radical (unpaired) electrons. The Morgan fingerprint density at radius 2 is 2.23 bits per heavy atom. The van der Waals surface area contributed by atoms with Crippen molar-refractivity contribution < 1.29 is 23.7 Å². The lowest BCUT2D eigenvalue weighted by atomic mass is 10.1. The Morgan fingerprint density at radius 3 is 2.77 bits per heavy atom. The van der Waals surface area contributed by atoms with Crippen molar-refractivity contribution in [3.05, 3.63) is 41.2 Å². The molecule has 2 rings (SSSR count). The van der Waals surface area contributed by atoms with Gasteiger partial charge in [-0.2, -0.15) is 4.39 Å². The van der Waals surface area contributed by atoms with E-state index in [1.54, 1.807) is 30.5 Å². The molecule has 140 valence electrons. The molecule has 1 unspecified atom stereocenters. The number of alkyl halides is 1. The fourth-order valence-electron chi connectivity index (χ4n) is 1.76. The predicted molar refractivity (Wildman–Crippen MR) is 107 cm³/mol. The van der Waals surface area contributed by atoms with Gasteiger partial charge in [-0.1, -0.05) is 16.5 Å². The summed E-state index contributed by atoms with van der Waals surface area (Å²) >= 11 is 1.47. The molecule has 1 aromatic carbocycles. The van der Waals surface area contributed by atoms with Crippen molar-refractivity contribution in [3.8, 4) is 0 Å². The number of nitrogens with zero attached hydrogens (tertiary/aromatic N) is 2. The number of carbonyl (C=O) groups is 1. The van der Waals surface area contributed by atoms with Crippen LogP contribution in [0.5, 0.6) is 0 Å². The standard InChI is InChI=1S/C15H15FIN3O4S2/c1-26(23)10-4-2-9(3-5-10)13(20-24-12(17)6-7-21)14(22)19-15-18-8-11(16)25-15/h2-5,8,12,21H,6-7H2,1H3,(H,18,19,22)/b20-13+/t12-,26?/m1/s1. The Kier molecular flexibility index (Phi) is 8.21. The maximum absolute atomic E-state index is 13.1. The van der Waals surface area contributed by atoms with Crippen LogP contribution in [-0.2, 0) is 20.8 Å². The van der Waals surface area contributed by atoms with Crippen LogP contribution in [0.25, 0.3) is 0 Å². The van der Waals surface area contributed by atoms with Gasteiger partial charge < -0.3 is 14.5 Å². The summed E-state index contributed by atoms with van der Waals surface area (Å²) in [5.41, 5.74) is 0.384. The number of carbonyl (C=O) groups excluding carboxylic acids is 1. The summed E-state index contributed by atoms with van der Waals surface area (Å²) in [5, 5.41) is 14.8.